The van der Waals surface area contributed by atoms with Gasteiger partial charge >= 0.3 is 0 Å². The molecule has 2 atom stereocenters. The fraction of sp³-hybridized carbons (Fsp3) is 0.933. The van der Waals surface area contributed by atoms with E-state index in [0.717, 1.165) is 12.3 Å². The predicted octanol–water partition coefficient (Wildman–Crippen LogP) is 10.9. The molecule has 0 saturated carbocycles. The average Bonchev–Trinajstić information content (AvgIpc) is 2.74. The second-order valence-electron chi connectivity index (χ2n) is 10.1. The predicted molar refractivity (Wildman–Crippen MR) is 139 cm³/mol. The minimum absolute atomic E-state index is 0.603. The second-order valence-corrected chi connectivity index (χ2v) is 10.1. The van der Waals surface area contributed by atoms with E-state index in [2.05, 4.69) is 39.5 Å². The van der Waals surface area contributed by atoms with Crippen molar-refractivity contribution in [2.24, 2.45) is 11.8 Å². The monoisotopic (exact) mass is 418 g/mol. The van der Waals surface area contributed by atoms with Crippen LogP contribution >= 0.6 is 0 Å². The molecule has 0 bridgehead atoms. The highest BCUT2D eigenvalue weighted by molar-refractivity contribution is 5.02. The van der Waals surface area contributed by atoms with Crippen LogP contribution in [0, 0.1) is 23.7 Å². The minimum atomic E-state index is 0.603. The Morgan fingerprint density at radius 1 is 0.467 bits per heavy atom. The third-order valence-electron chi connectivity index (χ3n) is 6.64. The van der Waals surface area contributed by atoms with Crippen LogP contribution in [0.4, 0.5) is 0 Å². The van der Waals surface area contributed by atoms with Gasteiger partial charge in [0, 0.05) is 12.3 Å². The molecule has 0 aliphatic rings. The van der Waals surface area contributed by atoms with Gasteiger partial charge in [-0.1, -0.05) is 150 Å². The molecule has 0 amide bonds. The Balaban J connectivity index is 3.37. The molecule has 0 saturated heterocycles. The van der Waals surface area contributed by atoms with E-state index in [4.69, 9.17) is 0 Å². The highest BCUT2D eigenvalue weighted by Gasteiger charge is 2.02. The van der Waals surface area contributed by atoms with Gasteiger partial charge in [-0.05, 0) is 18.8 Å². The van der Waals surface area contributed by atoms with Gasteiger partial charge in [-0.2, -0.15) is 0 Å². The van der Waals surface area contributed by atoms with E-state index in [9.17, 15) is 0 Å². The zero-order chi connectivity index (χ0) is 22.1. The van der Waals surface area contributed by atoms with Crippen LogP contribution in [0.25, 0.3) is 0 Å². The molecule has 0 heteroatoms. The van der Waals surface area contributed by atoms with Crippen molar-refractivity contribution in [2.45, 2.75) is 169 Å². The molecule has 0 aromatic rings. The number of rotatable bonds is 22. The van der Waals surface area contributed by atoms with Gasteiger partial charge < -0.3 is 0 Å². The third-order valence-corrected chi connectivity index (χ3v) is 6.64. The third kappa shape index (κ3) is 23.8. The van der Waals surface area contributed by atoms with Crippen molar-refractivity contribution in [1.82, 2.24) is 0 Å². The van der Waals surface area contributed by atoms with Crippen molar-refractivity contribution in [3.8, 4) is 11.8 Å². The first-order valence-electron chi connectivity index (χ1n) is 14.2. The molecule has 0 spiro atoms. The molecule has 0 nitrogen and oxygen atoms in total. The van der Waals surface area contributed by atoms with Gasteiger partial charge in [-0.25, -0.2) is 0 Å². The van der Waals surface area contributed by atoms with E-state index < -0.39 is 0 Å². The first-order chi connectivity index (χ1) is 14.7. The summed E-state index contributed by atoms with van der Waals surface area (Å²) in [4.78, 5) is 0. The Morgan fingerprint density at radius 2 is 0.867 bits per heavy atom. The van der Waals surface area contributed by atoms with Gasteiger partial charge in [-0.15, -0.1) is 11.8 Å². The van der Waals surface area contributed by atoms with Crippen molar-refractivity contribution in [2.75, 3.05) is 0 Å². The Kier molecular flexibility index (Phi) is 24.5. The first-order valence-corrected chi connectivity index (χ1v) is 14.2. The van der Waals surface area contributed by atoms with Crippen LogP contribution in [0.1, 0.15) is 169 Å². The maximum Gasteiger partial charge on any atom is 0.0174 e. The van der Waals surface area contributed by atoms with E-state index in [1.54, 1.807) is 0 Å². The fourth-order valence-electron chi connectivity index (χ4n) is 4.38. The molecule has 0 rings (SSSR count). The Hall–Kier alpha value is -0.440. The summed E-state index contributed by atoms with van der Waals surface area (Å²) in [5.41, 5.74) is 0. The molecule has 0 aliphatic carbocycles. The highest BCUT2D eigenvalue weighted by atomic mass is 14.1. The van der Waals surface area contributed by atoms with E-state index in [1.807, 2.05) is 0 Å². The zero-order valence-electron chi connectivity index (χ0n) is 21.7. The maximum atomic E-state index is 3.50. The molecular weight excluding hydrogens is 360 g/mol. The summed E-state index contributed by atoms with van der Waals surface area (Å²) in [6.45, 7) is 9.36. The molecule has 0 aromatic heterocycles. The van der Waals surface area contributed by atoms with Crippen LogP contribution in [-0.4, -0.2) is 0 Å². The smallest absolute Gasteiger partial charge is 0.0174 e. The summed E-state index contributed by atoms with van der Waals surface area (Å²) >= 11 is 0. The van der Waals surface area contributed by atoms with Crippen molar-refractivity contribution >= 4 is 0 Å². The minimum Gasteiger partial charge on any atom is -0.103 e. The average molecular weight is 419 g/mol. The van der Waals surface area contributed by atoms with Crippen molar-refractivity contribution in [3.63, 3.8) is 0 Å². The summed E-state index contributed by atoms with van der Waals surface area (Å²) < 4.78 is 0. The molecule has 2 unspecified atom stereocenters. The van der Waals surface area contributed by atoms with Crippen LogP contribution in [0.5, 0.6) is 0 Å². The molecule has 0 radical (unpaired) electrons. The quantitative estimate of drug-likeness (QED) is 0.121. The lowest BCUT2D eigenvalue weighted by Crippen LogP contribution is -1.95. The van der Waals surface area contributed by atoms with Crippen LogP contribution in [0.15, 0.2) is 0 Å². The molecule has 0 N–H and O–H groups in total. The van der Waals surface area contributed by atoms with E-state index >= 15 is 0 Å². The number of hydrogen-bond acceptors (Lipinski definition) is 0. The normalized spacial score (nSPS) is 13.1. The van der Waals surface area contributed by atoms with Gasteiger partial charge in [0.05, 0.1) is 0 Å². The van der Waals surface area contributed by atoms with Crippen LogP contribution in [0.3, 0.4) is 0 Å². The van der Waals surface area contributed by atoms with Crippen LogP contribution < -0.4 is 0 Å². The van der Waals surface area contributed by atoms with Crippen molar-refractivity contribution < 1.29 is 0 Å². The summed E-state index contributed by atoms with van der Waals surface area (Å²) in [5.74, 6) is 8.47. The molecule has 178 valence electrons. The lowest BCUT2D eigenvalue weighted by atomic mass is 9.96. The van der Waals surface area contributed by atoms with E-state index in [-0.39, 0.29) is 0 Å². The molecule has 0 aromatic carbocycles. The van der Waals surface area contributed by atoms with Crippen molar-refractivity contribution in [1.29, 1.82) is 0 Å². The molecule has 30 heavy (non-hydrogen) atoms. The largest absolute Gasteiger partial charge is 0.103 e. The summed E-state index contributed by atoms with van der Waals surface area (Å²) in [7, 11) is 0. The van der Waals surface area contributed by atoms with E-state index in [1.165, 1.54) is 135 Å². The lowest BCUT2D eigenvalue weighted by molar-refractivity contribution is 0.438. The van der Waals surface area contributed by atoms with Crippen LogP contribution in [0.2, 0.25) is 0 Å². The second kappa shape index (κ2) is 24.8. The number of hydrogen-bond donors (Lipinski definition) is 0. The van der Waals surface area contributed by atoms with Crippen LogP contribution in [-0.2, 0) is 0 Å². The van der Waals surface area contributed by atoms with Crippen molar-refractivity contribution in [3.05, 3.63) is 0 Å². The Labute approximate surface area is 192 Å². The van der Waals surface area contributed by atoms with Gasteiger partial charge in [0.1, 0.15) is 0 Å². The van der Waals surface area contributed by atoms with Gasteiger partial charge in [0.25, 0.3) is 0 Å². The topological polar surface area (TPSA) is 0 Å². The standard InChI is InChI=1S/C30H58/c1-5-7-9-11-13-14-15-16-18-22-26-30(4)28-24-20-19-23-27-29(3)25-21-17-12-10-8-6-2/h29-30H,5-22,24-26,28H2,1-4H3. The summed E-state index contributed by atoms with van der Waals surface area (Å²) in [6, 6.07) is 0. The lowest BCUT2D eigenvalue weighted by Gasteiger charge is -2.10. The number of unbranched alkanes of at least 4 members (excludes halogenated alkanes) is 16. The molecule has 0 heterocycles. The fourth-order valence-corrected chi connectivity index (χ4v) is 4.38. The van der Waals surface area contributed by atoms with Gasteiger partial charge in [0.15, 0.2) is 0 Å². The SMILES string of the molecule is CCCCCCCCCCCCC(C)CCCCC#CC(C)CCCCCCCC. The first kappa shape index (κ1) is 29.6. The molecule has 0 aliphatic heterocycles. The summed E-state index contributed by atoms with van der Waals surface area (Å²) in [5, 5.41) is 0. The van der Waals surface area contributed by atoms with Gasteiger partial charge in [0.2, 0.25) is 0 Å². The van der Waals surface area contributed by atoms with E-state index in [0.29, 0.717) is 5.92 Å². The Morgan fingerprint density at radius 3 is 1.37 bits per heavy atom. The molecule has 0 fully saturated rings. The maximum absolute atomic E-state index is 3.50. The zero-order valence-corrected chi connectivity index (χ0v) is 21.7. The van der Waals surface area contributed by atoms with Gasteiger partial charge in [-0.3, -0.25) is 0 Å². The Bertz CT molecular complexity index is 371. The molecular formula is C30H58. The highest BCUT2D eigenvalue weighted by Crippen LogP contribution is 2.18. The summed E-state index contributed by atoms with van der Waals surface area (Å²) in [6.07, 6.45) is 30.8.